The first-order valence-corrected chi connectivity index (χ1v) is 9.54. The minimum atomic E-state index is -0.397. The van der Waals surface area contributed by atoms with Crippen molar-refractivity contribution >= 4 is 32.6 Å². The number of aromatic nitrogens is 2. The average molecular weight is 390 g/mol. The van der Waals surface area contributed by atoms with Gasteiger partial charge >= 0.3 is 0 Å². The number of aryl methyl sites for hydroxylation is 1. The summed E-state index contributed by atoms with van der Waals surface area (Å²) in [6, 6.07) is 6.39. The van der Waals surface area contributed by atoms with E-state index in [2.05, 4.69) is 15.0 Å². The molecule has 1 amide bonds. The van der Waals surface area contributed by atoms with Crippen LogP contribution in [0.4, 0.5) is 9.52 Å². The summed E-state index contributed by atoms with van der Waals surface area (Å²) >= 11 is 1.28. The number of hydrogen-bond donors (Lipinski definition) is 0. The summed E-state index contributed by atoms with van der Waals surface area (Å²) in [6.45, 7) is 5.84. The van der Waals surface area contributed by atoms with Crippen molar-refractivity contribution in [2.45, 2.75) is 6.92 Å². The van der Waals surface area contributed by atoms with E-state index >= 15 is 0 Å². The van der Waals surface area contributed by atoms with Crippen molar-refractivity contribution in [1.82, 2.24) is 15.0 Å². The summed E-state index contributed by atoms with van der Waals surface area (Å²) in [5, 5.41) is 4.24. The van der Waals surface area contributed by atoms with Crippen LogP contribution in [0.2, 0.25) is 0 Å². The van der Waals surface area contributed by atoms with Gasteiger partial charge in [0.2, 0.25) is 5.76 Å². The van der Waals surface area contributed by atoms with Crippen molar-refractivity contribution < 1.29 is 18.4 Å². The molecule has 0 spiro atoms. The quantitative estimate of drug-likeness (QED) is 0.667. The number of rotatable bonds is 5. The first kappa shape index (κ1) is 18.0. The molecule has 0 unspecified atom stereocenters. The lowest BCUT2D eigenvalue weighted by Gasteiger charge is -2.28. The number of fused-ring (bicyclic) bond motifs is 1. The zero-order chi connectivity index (χ0) is 18.8. The third kappa shape index (κ3) is 3.85. The topological polar surface area (TPSA) is 71.7 Å². The molecule has 3 heterocycles. The molecule has 1 aliphatic heterocycles. The molecule has 1 saturated heterocycles. The SMILES string of the molecule is Cc1cc(C(=O)N(CCN2CCOCC2)c2nc3c(F)cccc3s2)on1. The Balaban J connectivity index is 1.63. The van der Waals surface area contributed by atoms with Crippen LogP contribution in [0, 0.1) is 12.7 Å². The number of carbonyl (C=O) groups excluding carboxylic acids is 1. The molecule has 1 fully saturated rings. The molecule has 4 rings (SSSR count). The highest BCUT2D eigenvalue weighted by Crippen LogP contribution is 2.31. The van der Waals surface area contributed by atoms with Crippen molar-refractivity contribution in [3.8, 4) is 0 Å². The zero-order valence-corrected chi connectivity index (χ0v) is 15.7. The second-order valence-electron chi connectivity index (χ2n) is 6.33. The van der Waals surface area contributed by atoms with E-state index < -0.39 is 5.82 Å². The molecule has 27 heavy (non-hydrogen) atoms. The van der Waals surface area contributed by atoms with Gasteiger partial charge in [-0.3, -0.25) is 14.6 Å². The van der Waals surface area contributed by atoms with E-state index in [9.17, 15) is 9.18 Å². The van der Waals surface area contributed by atoms with Crippen LogP contribution in [0.15, 0.2) is 28.8 Å². The summed E-state index contributed by atoms with van der Waals surface area (Å²) in [7, 11) is 0. The van der Waals surface area contributed by atoms with Crippen LogP contribution in [-0.2, 0) is 4.74 Å². The van der Waals surface area contributed by atoms with E-state index in [1.807, 2.05) is 0 Å². The van der Waals surface area contributed by atoms with Gasteiger partial charge in [0.25, 0.3) is 5.91 Å². The van der Waals surface area contributed by atoms with E-state index in [1.54, 1.807) is 30.0 Å². The fraction of sp³-hybridized carbons (Fsp3) is 0.389. The predicted octanol–water partition coefficient (Wildman–Crippen LogP) is 2.71. The number of morpholine rings is 1. The highest BCUT2D eigenvalue weighted by molar-refractivity contribution is 7.22. The number of carbonyl (C=O) groups is 1. The maximum atomic E-state index is 14.1. The summed E-state index contributed by atoms with van der Waals surface area (Å²) in [4.78, 5) is 21.2. The Morgan fingerprint density at radius 3 is 2.89 bits per heavy atom. The Labute approximate surface area is 159 Å². The number of ether oxygens (including phenoxy) is 1. The standard InChI is InChI=1S/C18H19FN4O3S/c1-12-11-14(26-21-12)17(24)23(6-5-22-7-9-25-10-8-22)18-20-16-13(19)3-2-4-15(16)27-18/h2-4,11H,5-10H2,1H3. The fourth-order valence-corrected chi connectivity index (χ4v) is 3.97. The van der Waals surface area contributed by atoms with E-state index in [0.717, 1.165) is 13.1 Å². The van der Waals surface area contributed by atoms with Crippen LogP contribution >= 0.6 is 11.3 Å². The number of benzene rings is 1. The maximum Gasteiger partial charge on any atom is 0.298 e. The Morgan fingerprint density at radius 2 is 2.19 bits per heavy atom. The first-order valence-electron chi connectivity index (χ1n) is 8.72. The van der Waals surface area contributed by atoms with Crippen molar-refractivity contribution in [3.63, 3.8) is 0 Å². The van der Waals surface area contributed by atoms with Gasteiger partial charge in [0, 0.05) is 32.2 Å². The van der Waals surface area contributed by atoms with Gasteiger partial charge in [0.05, 0.1) is 23.6 Å². The average Bonchev–Trinajstić information content (AvgIpc) is 3.30. The molecule has 0 bridgehead atoms. The smallest absolute Gasteiger partial charge is 0.298 e. The number of anilines is 1. The molecule has 0 saturated carbocycles. The molecule has 1 aliphatic rings. The van der Waals surface area contributed by atoms with Crippen LogP contribution in [0.5, 0.6) is 0 Å². The highest BCUT2D eigenvalue weighted by Gasteiger charge is 2.26. The first-order chi connectivity index (χ1) is 13.1. The van der Waals surface area contributed by atoms with Crippen LogP contribution < -0.4 is 4.90 Å². The molecular weight excluding hydrogens is 371 g/mol. The summed E-state index contributed by atoms with van der Waals surface area (Å²) in [5.74, 6) is -0.580. The van der Waals surface area contributed by atoms with Crippen molar-refractivity contribution in [3.05, 3.63) is 41.5 Å². The second-order valence-corrected chi connectivity index (χ2v) is 7.34. The molecule has 7 nitrogen and oxygen atoms in total. The molecule has 0 radical (unpaired) electrons. The van der Waals surface area contributed by atoms with Crippen molar-refractivity contribution in [2.24, 2.45) is 0 Å². The lowest BCUT2D eigenvalue weighted by atomic mass is 10.3. The Morgan fingerprint density at radius 1 is 1.37 bits per heavy atom. The second kappa shape index (κ2) is 7.71. The number of hydrogen-bond acceptors (Lipinski definition) is 7. The number of thiazole rings is 1. The molecule has 2 aromatic heterocycles. The van der Waals surface area contributed by atoms with Gasteiger partial charge in [-0.25, -0.2) is 9.37 Å². The van der Waals surface area contributed by atoms with Gasteiger partial charge < -0.3 is 9.26 Å². The summed E-state index contributed by atoms with van der Waals surface area (Å²) in [5.41, 5.74) is 0.900. The highest BCUT2D eigenvalue weighted by atomic mass is 32.1. The number of nitrogens with zero attached hydrogens (tertiary/aromatic N) is 4. The lowest BCUT2D eigenvalue weighted by molar-refractivity contribution is 0.0390. The molecule has 1 aromatic carbocycles. The third-order valence-corrected chi connectivity index (χ3v) is 5.46. The van der Waals surface area contributed by atoms with Crippen molar-refractivity contribution in [2.75, 3.05) is 44.3 Å². The largest absolute Gasteiger partial charge is 0.379 e. The molecule has 0 N–H and O–H groups in total. The normalized spacial score (nSPS) is 15.3. The Bertz CT molecular complexity index is 951. The molecular formula is C18H19FN4O3S. The third-order valence-electron chi connectivity index (χ3n) is 4.42. The van der Waals surface area contributed by atoms with Crippen molar-refractivity contribution in [1.29, 1.82) is 0 Å². The molecule has 0 aliphatic carbocycles. The monoisotopic (exact) mass is 390 g/mol. The summed E-state index contributed by atoms with van der Waals surface area (Å²) < 4.78 is 25.3. The van der Waals surface area contributed by atoms with E-state index in [-0.39, 0.29) is 17.2 Å². The fourth-order valence-electron chi connectivity index (χ4n) is 2.97. The van der Waals surface area contributed by atoms with Gasteiger partial charge in [-0.05, 0) is 19.1 Å². The van der Waals surface area contributed by atoms with Crippen LogP contribution in [0.3, 0.4) is 0 Å². The lowest BCUT2D eigenvalue weighted by Crippen LogP contribution is -2.43. The molecule has 9 heteroatoms. The Hall–Kier alpha value is -2.36. The van der Waals surface area contributed by atoms with Gasteiger partial charge in [-0.1, -0.05) is 22.6 Å². The van der Waals surface area contributed by atoms with Gasteiger partial charge in [-0.15, -0.1) is 0 Å². The van der Waals surface area contributed by atoms with E-state index in [4.69, 9.17) is 9.26 Å². The number of halogens is 1. The predicted molar refractivity (Wildman–Crippen MR) is 99.8 cm³/mol. The molecule has 0 atom stereocenters. The zero-order valence-electron chi connectivity index (χ0n) is 14.9. The molecule has 142 valence electrons. The summed E-state index contributed by atoms with van der Waals surface area (Å²) in [6.07, 6.45) is 0. The van der Waals surface area contributed by atoms with Gasteiger partial charge in [-0.2, -0.15) is 0 Å². The van der Waals surface area contributed by atoms with Crippen LogP contribution in [-0.4, -0.2) is 60.3 Å². The van der Waals surface area contributed by atoms with Gasteiger partial charge in [0.1, 0.15) is 11.3 Å². The number of para-hydroxylation sites is 1. The minimum absolute atomic E-state index is 0.147. The van der Waals surface area contributed by atoms with Crippen LogP contribution in [0.25, 0.3) is 10.2 Å². The van der Waals surface area contributed by atoms with Gasteiger partial charge in [0.15, 0.2) is 5.13 Å². The Kier molecular flexibility index (Phi) is 5.15. The van der Waals surface area contributed by atoms with E-state index in [1.165, 1.54) is 17.4 Å². The number of amides is 1. The maximum absolute atomic E-state index is 14.1. The van der Waals surface area contributed by atoms with Crippen LogP contribution in [0.1, 0.15) is 16.2 Å². The minimum Gasteiger partial charge on any atom is -0.379 e. The van der Waals surface area contributed by atoms with E-state index in [0.29, 0.717) is 41.8 Å². The molecule has 3 aromatic rings.